The van der Waals surface area contributed by atoms with Crippen molar-refractivity contribution in [3.05, 3.63) is 69.7 Å². The average molecular weight is 346 g/mol. The number of benzene rings is 2. The van der Waals surface area contributed by atoms with E-state index in [1.807, 2.05) is 0 Å². The smallest absolute Gasteiger partial charge is 0.0210 e. The number of hydrogen-bond donors (Lipinski definition) is 1. The van der Waals surface area contributed by atoms with Crippen molar-refractivity contribution < 1.29 is 0 Å². The van der Waals surface area contributed by atoms with Crippen molar-refractivity contribution in [1.29, 1.82) is 0 Å². The van der Waals surface area contributed by atoms with Gasteiger partial charge >= 0.3 is 0 Å². The average Bonchev–Trinajstić information content (AvgIpc) is 2.47. The summed E-state index contributed by atoms with van der Waals surface area (Å²) in [6.07, 6.45) is 2.24. The molecule has 0 aliphatic heterocycles. The third-order valence-corrected chi connectivity index (χ3v) is 4.45. The molecule has 21 heavy (non-hydrogen) atoms. The molecule has 2 heteroatoms. The lowest BCUT2D eigenvalue weighted by atomic mass is 9.91. The summed E-state index contributed by atoms with van der Waals surface area (Å²) in [6.45, 7) is 6.46. The van der Waals surface area contributed by atoms with Crippen LogP contribution in [-0.2, 0) is 6.42 Å². The van der Waals surface area contributed by atoms with Crippen molar-refractivity contribution in [1.82, 2.24) is 5.32 Å². The summed E-state index contributed by atoms with van der Waals surface area (Å²) < 4.78 is 1.21. The van der Waals surface area contributed by atoms with E-state index >= 15 is 0 Å². The highest BCUT2D eigenvalue weighted by atomic mass is 79.9. The van der Waals surface area contributed by atoms with Crippen molar-refractivity contribution in [2.45, 2.75) is 32.6 Å². The number of hydrogen-bond acceptors (Lipinski definition) is 1. The molecule has 0 bridgehead atoms. The van der Waals surface area contributed by atoms with Crippen molar-refractivity contribution in [3.63, 3.8) is 0 Å². The molecule has 0 saturated heterocycles. The molecule has 0 aliphatic carbocycles. The highest BCUT2D eigenvalue weighted by molar-refractivity contribution is 9.10. The Morgan fingerprint density at radius 3 is 2.62 bits per heavy atom. The topological polar surface area (TPSA) is 12.0 Å². The van der Waals surface area contributed by atoms with Gasteiger partial charge in [0.05, 0.1) is 0 Å². The number of nitrogens with one attached hydrogen (secondary N) is 1. The molecule has 0 fully saturated rings. The van der Waals surface area contributed by atoms with Gasteiger partial charge in [-0.3, -0.25) is 0 Å². The molecule has 2 aromatic carbocycles. The second-order valence-electron chi connectivity index (χ2n) is 5.62. The molecule has 0 spiro atoms. The van der Waals surface area contributed by atoms with E-state index in [0.29, 0.717) is 5.92 Å². The van der Waals surface area contributed by atoms with Crippen LogP contribution in [0.25, 0.3) is 0 Å². The third-order valence-electron chi connectivity index (χ3n) is 3.73. The van der Waals surface area contributed by atoms with Crippen LogP contribution in [0, 0.1) is 6.92 Å². The van der Waals surface area contributed by atoms with E-state index in [1.165, 1.54) is 27.6 Å². The first-order chi connectivity index (χ1) is 10.2. The lowest BCUT2D eigenvalue weighted by Crippen LogP contribution is -2.24. The van der Waals surface area contributed by atoms with E-state index in [4.69, 9.17) is 0 Å². The van der Waals surface area contributed by atoms with Crippen LogP contribution in [0.1, 0.15) is 36.0 Å². The van der Waals surface area contributed by atoms with Gasteiger partial charge in [-0.05, 0) is 43.5 Å². The summed E-state index contributed by atoms with van der Waals surface area (Å²) in [7, 11) is 0. The molecule has 0 radical (unpaired) electrons. The van der Waals surface area contributed by atoms with Crippen molar-refractivity contribution in [2.24, 2.45) is 0 Å². The molecule has 2 aromatic rings. The largest absolute Gasteiger partial charge is 0.316 e. The second-order valence-corrected chi connectivity index (χ2v) is 6.47. The standard InChI is InChI=1S/C19H24BrN/c1-3-11-21-14-17(18-9-4-5-10-19(18)20)13-16-8-6-7-15(2)12-16/h4-10,12,17,21H,3,11,13-14H2,1-2H3. The van der Waals surface area contributed by atoms with Gasteiger partial charge in [-0.2, -0.15) is 0 Å². The summed E-state index contributed by atoms with van der Waals surface area (Å²) in [5.74, 6) is 0.494. The van der Waals surface area contributed by atoms with Gasteiger partial charge in [0.25, 0.3) is 0 Å². The number of aryl methyl sites for hydroxylation is 1. The van der Waals surface area contributed by atoms with Crippen molar-refractivity contribution in [2.75, 3.05) is 13.1 Å². The minimum absolute atomic E-state index is 0.494. The molecule has 112 valence electrons. The Kier molecular flexibility index (Phi) is 6.47. The van der Waals surface area contributed by atoms with E-state index in [-0.39, 0.29) is 0 Å². The van der Waals surface area contributed by atoms with Crippen LogP contribution in [0.2, 0.25) is 0 Å². The predicted molar refractivity (Wildman–Crippen MR) is 94.9 cm³/mol. The zero-order valence-electron chi connectivity index (χ0n) is 12.9. The lowest BCUT2D eigenvalue weighted by Gasteiger charge is -2.20. The Morgan fingerprint density at radius 1 is 1.10 bits per heavy atom. The fourth-order valence-corrected chi connectivity index (χ4v) is 3.28. The predicted octanol–water partition coefficient (Wildman–Crippen LogP) is 5.08. The molecule has 1 atom stereocenters. The van der Waals surface area contributed by atoms with Gasteiger partial charge in [-0.15, -0.1) is 0 Å². The van der Waals surface area contributed by atoms with E-state index in [9.17, 15) is 0 Å². The maximum absolute atomic E-state index is 3.71. The summed E-state index contributed by atoms with van der Waals surface area (Å²) in [5, 5.41) is 3.57. The Bertz CT molecular complexity index is 565. The molecule has 0 saturated carbocycles. The normalized spacial score (nSPS) is 12.3. The summed E-state index contributed by atoms with van der Waals surface area (Å²) in [5.41, 5.74) is 4.14. The third kappa shape index (κ3) is 4.98. The van der Waals surface area contributed by atoms with Crippen LogP contribution in [0.15, 0.2) is 53.0 Å². The fraction of sp³-hybridized carbons (Fsp3) is 0.368. The van der Waals surface area contributed by atoms with Gasteiger partial charge in [0, 0.05) is 16.9 Å². The van der Waals surface area contributed by atoms with E-state index in [2.05, 4.69) is 83.6 Å². The Morgan fingerprint density at radius 2 is 1.90 bits per heavy atom. The first-order valence-electron chi connectivity index (χ1n) is 7.71. The first kappa shape index (κ1) is 16.3. The maximum Gasteiger partial charge on any atom is 0.0210 e. The highest BCUT2D eigenvalue weighted by Crippen LogP contribution is 2.27. The molecule has 1 nitrogen and oxygen atoms in total. The fourth-order valence-electron chi connectivity index (χ4n) is 2.67. The van der Waals surface area contributed by atoms with Crippen LogP contribution < -0.4 is 5.32 Å². The molecule has 0 heterocycles. The van der Waals surface area contributed by atoms with E-state index in [0.717, 1.165) is 19.5 Å². The Balaban J connectivity index is 2.17. The van der Waals surface area contributed by atoms with Gasteiger partial charge < -0.3 is 5.32 Å². The maximum atomic E-state index is 3.71. The van der Waals surface area contributed by atoms with Crippen molar-refractivity contribution in [3.8, 4) is 0 Å². The van der Waals surface area contributed by atoms with Crippen LogP contribution in [0.4, 0.5) is 0 Å². The van der Waals surface area contributed by atoms with Gasteiger partial charge in [0.1, 0.15) is 0 Å². The second kappa shape index (κ2) is 8.35. The van der Waals surface area contributed by atoms with Crippen LogP contribution in [-0.4, -0.2) is 13.1 Å². The van der Waals surface area contributed by atoms with Gasteiger partial charge in [0.15, 0.2) is 0 Å². The summed E-state index contributed by atoms with van der Waals surface area (Å²) in [4.78, 5) is 0. The molecular formula is C19H24BrN. The molecule has 1 unspecified atom stereocenters. The molecule has 2 rings (SSSR count). The Hall–Kier alpha value is -1.12. The quantitative estimate of drug-likeness (QED) is 0.689. The van der Waals surface area contributed by atoms with Crippen LogP contribution in [0.3, 0.4) is 0 Å². The van der Waals surface area contributed by atoms with E-state index in [1.54, 1.807) is 0 Å². The highest BCUT2D eigenvalue weighted by Gasteiger charge is 2.14. The SMILES string of the molecule is CCCNCC(Cc1cccc(C)c1)c1ccccc1Br. The van der Waals surface area contributed by atoms with Crippen LogP contribution in [0.5, 0.6) is 0 Å². The number of halogens is 1. The first-order valence-corrected chi connectivity index (χ1v) is 8.50. The molecule has 1 N–H and O–H groups in total. The molecule has 0 aromatic heterocycles. The summed E-state index contributed by atoms with van der Waals surface area (Å²) >= 11 is 3.71. The lowest BCUT2D eigenvalue weighted by molar-refractivity contribution is 0.575. The van der Waals surface area contributed by atoms with E-state index < -0.39 is 0 Å². The zero-order valence-corrected chi connectivity index (χ0v) is 14.5. The minimum atomic E-state index is 0.494. The molecule has 0 amide bonds. The van der Waals surface area contributed by atoms with Gasteiger partial charge in [0.2, 0.25) is 0 Å². The number of rotatable bonds is 7. The van der Waals surface area contributed by atoms with Crippen molar-refractivity contribution >= 4 is 15.9 Å². The summed E-state index contributed by atoms with van der Waals surface area (Å²) in [6, 6.07) is 17.4. The van der Waals surface area contributed by atoms with Gasteiger partial charge in [-0.1, -0.05) is 70.9 Å². The molecular weight excluding hydrogens is 322 g/mol. The zero-order chi connectivity index (χ0) is 15.1. The molecule has 0 aliphatic rings. The Labute approximate surface area is 136 Å². The minimum Gasteiger partial charge on any atom is -0.316 e. The van der Waals surface area contributed by atoms with Crippen LogP contribution >= 0.6 is 15.9 Å². The van der Waals surface area contributed by atoms with Gasteiger partial charge in [-0.25, -0.2) is 0 Å². The monoisotopic (exact) mass is 345 g/mol.